The van der Waals surface area contributed by atoms with E-state index in [2.05, 4.69) is 0 Å². The van der Waals surface area contributed by atoms with Gasteiger partial charge in [0.05, 0.1) is 33.0 Å². The minimum atomic E-state index is -1.55. The Hall–Kier alpha value is -1.31. The first kappa shape index (κ1) is 15.2. The van der Waals surface area contributed by atoms with Gasteiger partial charge in [-0.2, -0.15) is 0 Å². The monoisotopic (exact) mass is 320 g/mol. The van der Waals surface area contributed by atoms with E-state index < -0.39 is 12.3 Å². The summed E-state index contributed by atoms with van der Waals surface area (Å²) in [5, 5.41) is 0. The summed E-state index contributed by atoms with van der Waals surface area (Å²) in [6.45, 7) is 4.54. The van der Waals surface area contributed by atoms with Gasteiger partial charge in [-0.1, -0.05) is 31.2 Å². The van der Waals surface area contributed by atoms with E-state index in [1.807, 2.05) is 31.2 Å². The van der Waals surface area contributed by atoms with Gasteiger partial charge in [-0.3, -0.25) is 4.79 Å². The number of hydrogen-bond acceptors (Lipinski definition) is 6. The average Bonchev–Trinajstić information content (AvgIpc) is 3.11. The van der Waals surface area contributed by atoms with Crippen LogP contribution in [0, 0.1) is 5.41 Å². The van der Waals surface area contributed by atoms with Gasteiger partial charge in [0, 0.05) is 17.4 Å². The summed E-state index contributed by atoms with van der Waals surface area (Å²) < 4.78 is 27.9. The molecule has 0 aliphatic carbocycles. The molecule has 0 amide bonds. The number of benzene rings is 1. The lowest BCUT2D eigenvalue weighted by atomic mass is 9.91. The Morgan fingerprint density at radius 1 is 1.09 bits per heavy atom. The first-order chi connectivity index (χ1) is 11.1. The molecule has 4 saturated heterocycles. The van der Waals surface area contributed by atoms with Gasteiger partial charge in [-0.25, -0.2) is 0 Å². The molecule has 0 spiro atoms. The Bertz CT molecular complexity index is 582. The zero-order valence-electron chi connectivity index (χ0n) is 13.1. The zero-order valence-corrected chi connectivity index (χ0v) is 13.1. The van der Waals surface area contributed by atoms with Crippen molar-refractivity contribution in [2.24, 2.45) is 5.41 Å². The molecule has 0 N–H and O–H groups in total. The van der Waals surface area contributed by atoms with Crippen molar-refractivity contribution in [3.63, 3.8) is 0 Å². The smallest absolute Gasteiger partial charge is 0.346 e. The number of carbonyl (C=O) groups excluding carboxylic acids is 1. The number of ether oxygens (including phenoxy) is 5. The summed E-state index contributed by atoms with van der Waals surface area (Å²) in [5.41, 5.74) is 1.55. The highest BCUT2D eigenvalue weighted by molar-refractivity contribution is 5.87. The van der Waals surface area contributed by atoms with Crippen LogP contribution in [0.4, 0.5) is 0 Å². The lowest BCUT2D eigenvalue weighted by molar-refractivity contribution is -0.439. The van der Waals surface area contributed by atoms with Crippen LogP contribution < -0.4 is 0 Å². The lowest BCUT2D eigenvalue weighted by Gasteiger charge is -2.49. The van der Waals surface area contributed by atoms with Gasteiger partial charge < -0.3 is 23.7 Å². The normalized spacial score (nSPS) is 34.0. The van der Waals surface area contributed by atoms with Crippen LogP contribution in [0.15, 0.2) is 24.3 Å². The molecule has 0 unspecified atom stereocenters. The van der Waals surface area contributed by atoms with Gasteiger partial charge in [-0.15, -0.1) is 0 Å². The highest BCUT2D eigenvalue weighted by Gasteiger charge is 2.55. The summed E-state index contributed by atoms with van der Waals surface area (Å²) in [4.78, 5) is 12.8. The Morgan fingerprint density at radius 3 is 2.35 bits per heavy atom. The Kier molecular flexibility index (Phi) is 3.74. The van der Waals surface area contributed by atoms with E-state index in [0.717, 1.165) is 11.1 Å². The van der Waals surface area contributed by atoms with E-state index in [1.165, 1.54) is 0 Å². The van der Waals surface area contributed by atoms with Crippen molar-refractivity contribution in [3.05, 3.63) is 35.4 Å². The maximum Gasteiger partial charge on any atom is 0.347 e. The van der Waals surface area contributed by atoms with Crippen LogP contribution >= 0.6 is 0 Å². The van der Waals surface area contributed by atoms with Crippen molar-refractivity contribution < 1.29 is 28.5 Å². The number of hydrogen-bond donors (Lipinski definition) is 0. The highest BCUT2D eigenvalue weighted by atomic mass is 16.9. The lowest BCUT2D eigenvalue weighted by Crippen LogP contribution is -2.62. The number of Topliss-reactive ketones (excluding diaryl/α,β-unsaturated/α-hetero) is 1. The van der Waals surface area contributed by atoms with Crippen LogP contribution in [0.25, 0.3) is 0 Å². The highest BCUT2D eigenvalue weighted by Crippen LogP contribution is 2.39. The largest absolute Gasteiger partial charge is 0.347 e. The molecule has 4 aliphatic heterocycles. The van der Waals surface area contributed by atoms with Gasteiger partial charge in [-0.05, 0) is 5.56 Å². The third-order valence-electron chi connectivity index (χ3n) is 4.46. The number of fused-ring (bicyclic) bond motifs is 3. The van der Waals surface area contributed by atoms with Crippen LogP contribution in [-0.4, -0.2) is 44.8 Å². The van der Waals surface area contributed by atoms with Crippen LogP contribution in [0.3, 0.4) is 0 Å². The molecule has 0 saturated carbocycles. The van der Waals surface area contributed by atoms with Gasteiger partial charge in [0.25, 0.3) is 0 Å². The van der Waals surface area contributed by atoms with E-state index in [1.54, 1.807) is 0 Å². The summed E-state index contributed by atoms with van der Waals surface area (Å²) in [5.74, 6) is -1.79. The van der Waals surface area contributed by atoms with Crippen molar-refractivity contribution in [1.82, 2.24) is 0 Å². The standard InChI is InChI=1S/C17H20O6/c1-16-9-21-17(22-10-16,23-11-16)14(18)8-12-4-2-3-5-13(12)15-19-6-7-20-15/h2-5,15H,6-11H2,1H3. The predicted molar refractivity (Wildman–Crippen MR) is 78.5 cm³/mol. The zero-order chi connectivity index (χ0) is 15.9. The second-order valence-electron chi connectivity index (χ2n) is 6.61. The fraction of sp³-hybridized carbons (Fsp3) is 0.588. The number of rotatable bonds is 4. The molecule has 4 fully saturated rings. The van der Waals surface area contributed by atoms with E-state index in [0.29, 0.717) is 33.0 Å². The Morgan fingerprint density at radius 2 is 1.70 bits per heavy atom. The SMILES string of the molecule is CC12COC(C(=O)Cc3ccccc3C3OCCO3)(OC1)OC2. The fourth-order valence-corrected chi connectivity index (χ4v) is 3.04. The van der Waals surface area contributed by atoms with Crippen molar-refractivity contribution in [1.29, 1.82) is 0 Å². The van der Waals surface area contributed by atoms with Gasteiger partial charge in [0.1, 0.15) is 0 Å². The quantitative estimate of drug-likeness (QED) is 0.839. The molecular weight excluding hydrogens is 300 g/mol. The number of carbonyl (C=O) groups is 1. The fourth-order valence-electron chi connectivity index (χ4n) is 3.04. The molecule has 124 valence electrons. The first-order valence-corrected chi connectivity index (χ1v) is 7.87. The molecular formula is C17H20O6. The molecule has 2 bridgehead atoms. The van der Waals surface area contributed by atoms with E-state index in [4.69, 9.17) is 23.7 Å². The third kappa shape index (κ3) is 2.70. The molecule has 1 aromatic rings. The molecule has 5 rings (SSSR count). The third-order valence-corrected chi connectivity index (χ3v) is 4.46. The minimum Gasteiger partial charge on any atom is -0.346 e. The van der Waals surface area contributed by atoms with Gasteiger partial charge in [0.15, 0.2) is 6.29 Å². The van der Waals surface area contributed by atoms with E-state index in [-0.39, 0.29) is 17.6 Å². The molecule has 6 heteroatoms. The summed E-state index contributed by atoms with van der Waals surface area (Å²) in [7, 11) is 0. The molecule has 23 heavy (non-hydrogen) atoms. The molecule has 0 aromatic heterocycles. The maximum absolute atomic E-state index is 12.8. The van der Waals surface area contributed by atoms with Crippen molar-refractivity contribution >= 4 is 5.78 Å². The second kappa shape index (κ2) is 5.65. The molecule has 1 aromatic carbocycles. The number of ketones is 1. The molecule has 4 aliphatic rings. The minimum absolute atomic E-state index is 0.149. The van der Waals surface area contributed by atoms with Crippen LogP contribution in [0.1, 0.15) is 24.3 Å². The van der Waals surface area contributed by atoms with Gasteiger partial charge in [0.2, 0.25) is 5.78 Å². The topological polar surface area (TPSA) is 63.2 Å². The molecule has 0 atom stereocenters. The Balaban J connectivity index is 1.53. The average molecular weight is 320 g/mol. The molecule has 0 radical (unpaired) electrons. The summed E-state index contributed by atoms with van der Waals surface area (Å²) in [6.07, 6.45) is -0.268. The van der Waals surface area contributed by atoms with E-state index in [9.17, 15) is 4.79 Å². The van der Waals surface area contributed by atoms with E-state index >= 15 is 0 Å². The Labute approximate surface area is 134 Å². The molecule has 6 nitrogen and oxygen atoms in total. The second-order valence-corrected chi connectivity index (χ2v) is 6.61. The predicted octanol–water partition coefficient (Wildman–Crippen LogP) is 1.58. The van der Waals surface area contributed by atoms with Crippen LogP contribution in [0.5, 0.6) is 0 Å². The first-order valence-electron chi connectivity index (χ1n) is 7.87. The van der Waals surface area contributed by atoms with Crippen molar-refractivity contribution in [3.8, 4) is 0 Å². The van der Waals surface area contributed by atoms with Crippen molar-refractivity contribution in [2.75, 3.05) is 33.0 Å². The van der Waals surface area contributed by atoms with Gasteiger partial charge >= 0.3 is 5.97 Å². The van der Waals surface area contributed by atoms with Crippen LogP contribution in [0.2, 0.25) is 0 Å². The maximum atomic E-state index is 12.8. The van der Waals surface area contributed by atoms with Crippen LogP contribution in [-0.2, 0) is 34.9 Å². The molecule has 4 heterocycles. The summed E-state index contributed by atoms with van der Waals surface area (Å²) >= 11 is 0. The summed E-state index contributed by atoms with van der Waals surface area (Å²) in [6, 6.07) is 7.60. The van der Waals surface area contributed by atoms with Crippen molar-refractivity contribution in [2.45, 2.75) is 25.6 Å².